The number of hydrogen-bond donors (Lipinski definition) is 6. The van der Waals surface area contributed by atoms with Crippen LogP contribution in [-0.4, -0.2) is 26.2 Å². The molecule has 0 saturated heterocycles. The summed E-state index contributed by atoms with van der Waals surface area (Å²) in [6, 6.07) is 12.0. The number of benzene rings is 2. The van der Waals surface area contributed by atoms with Gasteiger partial charge in [0.2, 0.25) is 10.0 Å². The van der Waals surface area contributed by atoms with E-state index in [9.17, 15) is 13.2 Å². The van der Waals surface area contributed by atoms with Crippen LogP contribution in [0.5, 0.6) is 0 Å². The van der Waals surface area contributed by atoms with E-state index in [0.717, 1.165) is 0 Å². The molecule has 0 bridgehead atoms. The van der Waals surface area contributed by atoms with Crippen LogP contribution in [0.2, 0.25) is 0 Å². The predicted molar refractivity (Wildman–Crippen MR) is 116 cm³/mol. The highest BCUT2D eigenvalue weighted by atomic mass is 35.5. The molecule has 10 nitrogen and oxygen atoms in total. The first-order valence-corrected chi connectivity index (χ1v) is 9.51. The number of primary sulfonamides is 1. The predicted octanol–water partition coefficient (Wildman–Crippen LogP) is 0.237. The van der Waals surface area contributed by atoms with Gasteiger partial charge in [-0.05, 0) is 23.6 Å². The van der Waals surface area contributed by atoms with E-state index in [0.29, 0.717) is 11.1 Å². The smallest absolute Gasteiger partial charge is 0.280 e. The van der Waals surface area contributed by atoms with Crippen molar-refractivity contribution in [2.75, 3.05) is 0 Å². The minimum atomic E-state index is -4.07. The second kappa shape index (κ2) is 11.0. The second-order valence-corrected chi connectivity index (χ2v) is 7.03. The van der Waals surface area contributed by atoms with Gasteiger partial charge in [-0.2, -0.15) is 4.99 Å². The molecule has 0 aliphatic rings. The van der Waals surface area contributed by atoms with Gasteiger partial charge in [0.15, 0.2) is 11.9 Å². The van der Waals surface area contributed by atoms with E-state index in [2.05, 4.69) is 16.5 Å². The van der Waals surface area contributed by atoms with Crippen LogP contribution in [0, 0.1) is 5.41 Å². The summed E-state index contributed by atoms with van der Waals surface area (Å²) >= 11 is 0. The first kappa shape index (κ1) is 25.9. The lowest BCUT2D eigenvalue weighted by atomic mass is 9.97. The van der Waals surface area contributed by atoms with Gasteiger partial charge in [-0.3, -0.25) is 10.2 Å². The van der Waals surface area contributed by atoms with Gasteiger partial charge < -0.3 is 22.9 Å². The zero-order valence-electron chi connectivity index (χ0n) is 15.6. The first-order chi connectivity index (χ1) is 13.0. The largest absolute Gasteiger partial charge is 0.370 e. The summed E-state index contributed by atoms with van der Waals surface area (Å²) in [7, 11) is -4.07. The van der Waals surface area contributed by atoms with E-state index in [-0.39, 0.29) is 40.8 Å². The zero-order chi connectivity index (χ0) is 21.5. The molecule has 0 atom stereocenters. The summed E-state index contributed by atoms with van der Waals surface area (Å²) in [5, 5.41) is 11.5. The Morgan fingerprint density at radius 3 is 1.97 bits per heavy atom. The van der Waals surface area contributed by atoms with Gasteiger partial charge in [-0.1, -0.05) is 43.3 Å². The molecule has 0 aliphatic carbocycles. The van der Waals surface area contributed by atoms with E-state index < -0.39 is 21.9 Å². The van der Waals surface area contributed by atoms with Crippen LogP contribution in [0.4, 0.5) is 0 Å². The Bertz CT molecular complexity index is 1000. The van der Waals surface area contributed by atoms with Gasteiger partial charge in [0, 0.05) is 11.1 Å². The van der Waals surface area contributed by atoms with Crippen molar-refractivity contribution in [3.8, 4) is 11.1 Å². The van der Waals surface area contributed by atoms with Crippen molar-refractivity contribution >= 4 is 40.3 Å². The van der Waals surface area contributed by atoms with Crippen molar-refractivity contribution in [1.29, 1.82) is 5.41 Å². The monoisotopic (exact) mass is 441 g/mol. The Kier molecular flexibility index (Phi) is 9.80. The molecule has 0 fully saturated rings. The number of halogens is 1. The molecule has 158 valence electrons. The van der Waals surface area contributed by atoms with Gasteiger partial charge >= 0.3 is 0 Å². The topological polar surface area (TPSA) is 218 Å². The SMILES string of the molecule is CCc1c(C(=O)N=C(N)N)ccc(-c2ccccc2)c1S(N)(=O)=O.Cl.N=C(N)N. The Labute approximate surface area is 175 Å². The van der Waals surface area contributed by atoms with E-state index in [4.69, 9.17) is 22.0 Å². The van der Waals surface area contributed by atoms with Crippen molar-refractivity contribution in [2.45, 2.75) is 18.2 Å². The van der Waals surface area contributed by atoms with Gasteiger partial charge in [-0.25, -0.2) is 13.6 Å². The number of hydrogen-bond acceptors (Lipinski definition) is 4. The third-order valence-corrected chi connectivity index (χ3v) is 4.48. The molecular formula is C17H24ClN7O3S. The lowest BCUT2D eigenvalue weighted by molar-refractivity contribution is 0.100. The van der Waals surface area contributed by atoms with Gasteiger partial charge in [0.1, 0.15) is 0 Å². The fourth-order valence-corrected chi connectivity index (χ4v) is 3.62. The van der Waals surface area contributed by atoms with Crippen molar-refractivity contribution in [3.05, 3.63) is 53.6 Å². The third-order valence-electron chi connectivity index (χ3n) is 3.44. The molecule has 0 heterocycles. The lowest BCUT2D eigenvalue weighted by Gasteiger charge is -2.15. The molecule has 2 rings (SSSR count). The zero-order valence-corrected chi connectivity index (χ0v) is 17.3. The number of guanidine groups is 2. The molecule has 0 spiro atoms. The van der Waals surface area contributed by atoms with Crippen LogP contribution in [0.25, 0.3) is 11.1 Å². The third kappa shape index (κ3) is 7.41. The lowest BCUT2D eigenvalue weighted by Crippen LogP contribution is -2.25. The molecule has 11 N–H and O–H groups in total. The van der Waals surface area contributed by atoms with Crippen molar-refractivity contribution < 1.29 is 13.2 Å². The van der Waals surface area contributed by atoms with Gasteiger partial charge in [-0.15, -0.1) is 12.4 Å². The number of carbonyl (C=O) groups is 1. The number of carbonyl (C=O) groups excluding carboxylic acids is 1. The number of nitrogens with two attached hydrogens (primary N) is 5. The molecule has 0 aliphatic heterocycles. The van der Waals surface area contributed by atoms with Crippen molar-refractivity contribution in [3.63, 3.8) is 0 Å². The maximum absolute atomic E-state index is 12.2. The highest BCUT2D eigenvalue weighted by Gasteiger charge is 2.24. The summed E-state index contributed by atoms with van der Waals surface area (Å²) < 4.78 is 24.4. The van der Waals surface area contributed by atoms with Crippen LogP contribution < -0.4 is 28.1 Å². The molecule has 29 heavy (non-hydrogen) atoms. The average molecular weight is 442 g/mol. The minimum absolute atomic E-state index is 0. The first-order valence-electron chi connectivity index (χ1n) is 7.96. The van der Waals surface area contributed by atoms with Gasteiger partial charge in [0.05, 0.1) is 4.90 Å². The molecule has 0 saturated carbocycles. The van der Waals surface area contributed by atoms with Crippen LogP contribution >= 0.6 is 12.4 Å². The molecule has 0 unspecified atom stereocenters. The number of aliphatic imine (C=N–C) groups is 1. The van der Waals surface area contributed by atoms with Crippen LogP contribution in [0.3, 0.4) is 0 Å². The van der Waals surface area contributed by atoms with Crippen molar-refractivity contribution in [2.24, 2.45) is 33.1 Å². The average Bonchev–Trinajstić information content (AvgIpc) is 2.59. The molecule has 1 amide bonds. The minimum Gasteiger partial charge on any atom is -0.370 e. The number of nitrogens with one attached hydrogen (secondary N) is 1. The molecule has 2 aromatic carbocycles. The fraction of sp³-hybridized carbons (Fsp3) is 0.118. The van der Waals surface area contributed by atoms with E-state index in [1.165, 1.54) is 12.1 Å². The number of rotatable bonds is 4. The standard InChI is InChI=1S/C16H18N4O3S.CH5N3.ClH/c1-2-11-13(15(21)20-16(17)18)9-8-12(14(11)24(19,22)23)10-6-4-3-5-7-10;2-1(3)4;/h3-9H,2H2,1H3,(H2,19,22,23)(H4,17,18,20,21);(H5,2,3,4);1H. The number of nitrogens with zero attached hydrogens (tertiary/aromatic N) is 1. The van der Waals surface area contributed by atoms with Crippen LogP contribution in [0.1, 0.15) is 22.8 Å². The number of amides is 1. The highest BCUT2D eigenvalue weighted by molar-refractivity contribution is 7.89. The second-order valence-electron chi connectivity index (χ2n) is 5.53. The summed E-state index contributed by atoms with van der Waals surface area (Å²) in [5.41, 5.74) is 20.9. The Balaban J connectivity index is 0.00000143. The van der Waals surface area contributed by atoms with Gasteiger partial charge in [0.25, 0.3) is 5.91 Å². The maximum atomic E-state index is 12.2. The summed E-state index contributed by atoms with van der Waals surface area (Å²) in [6.07, 6.45) is 0.271. The maximum Gasteiger partial charge on any atom is 0.280 e. The van der Waals surface area contributed by atoms with Crippen molar-refractivity contribution in [1.82, 2.24) is 0 Å². The summed E-state index contributed by atoms with van der Waals surface area (Å²) in [5.74, 6) is -1.44. The number of sulfonamides is 1. The van der Waals surface area contributed by atoms with E-state index in [1.54, 1.807) is 31.2 Å². The molecule has 12 heteroatoms. The Hall–Kier alpha value is -3.15. The molecule has 0 radical (unpaired) electrons. The van der Waals surface area contributed by atoms with Crippen LogP contribution in [0.15, 0.2) is 52.4 Å². The summed E-state index contributed by atoms with van der Waals surface area (Å²) in [6.45, 7) is 1.73. The molecule has 2 aromatic rings. The Morgan fingerprint density at radius 1 is 1.03 bits per heavy atom. The van der Waals surface area contributed by atoms with Crippen LogP contribution in [-0.2, 0) is 16.4 Å². The summed E-state index contributed by atoms with van der Waals surface area (Å²) in [4.78, 5) is 15.6. The molecule has 0 aromatic heterocycles. The Morgan fingerprint density at radius 2 is 1.55 bits per heavy atom. The fourth-order valence-electron chi connectivity index (χ4n) is 2.53. The van der Waals surface area contributed by atoms with E-state index in [1.807, 2.05) is 6.07 Å². The highest BCUT2D eigenvalue weighted by Crippen LogP contribution is 2.32. The quantitative estimate of drug-likeness (QED) is 0.286. The molecular weight excluding hydrogens is 418 g/mol. The van der Waals surface area contributed by atoms with E-state index >= 15 is 0 Å². The normalized spacial score (nSPS) is 10.0.